The molecule has 0 spiro atoms. The summed E-state index contributed by atoms with van der Waals surface area (Å²) in [4.78, 5) is 16.6. The summed E-state index contributed by atoms with van der Waals surface area (Å²) in [5.74, 6) is 0.00253. The predicted octanol–water partition coefficient (Wildman–Crippen LogP) is 0.00850. The molecule has 0 radical (unpaired) electrons. The zero-order valence-corrected chi connectivity index (χ0v) is 12.8. The van der Waals surface area contributed by atoms with E-state index in [-0.39, 0.29) is 24.0 Å². The average molecular weight is 342 g/mol. The fourth-order valence-electron chi connectivity index (χ4n) is 1.54. The molecule has 0 fully saturated rings. The van der Waals surface area contributed by atoms with E-state index in [0.717, 1.165) is 0 Å². The van der Waals surface area contributed by atoms with Crippen LogP contribution in [0.3, 0.4) is 0 Å². The van der Waals surface area contributed by atoms with Crippen molar-refractivity contribution < 1.29 is 24.2 Å². The summed E-state index contributed by atoms with van der Waals surface area (Å²) in [5.41, 5.74) is 11.6. The zero-order chi connectivity index (χ0) is 16.8. The van der Waals surface area contributed by atoms with Crippen molar-refractivity contribution >= 4 is 34.8 Å². The lowest BCUT2D eigenvalue weighted by Crippen LogP contribution is -2.21. The highest BCUT2D eigenvalue weighted by Gasteiger charge is 2.18. The number of aromatic nitrogens is 2. The van der Waals surface area contributed by atoms with Gasteiger partial charge in [0.15, 0.2) is 6.61 Å². The van der Waals surface area contributed by atoms with Gasteiger partial charge in [-0.1, -0.05) is 21.9 Å². The molecule has 11 heteroatoms. The van der Waals surface area contributed by atoms with Crippen LogP contribution in [-0.4, -0.2) is 30.6 Å². The van der Waals surface area contributed by atoms with Gasteiger partial charge in [-0.3, -0.25) is 4.79 Å². The van der Waals surface area contributed by atoms with Gasteiger partial charge in [-0.2, -0.15) is 0 Å². The molecular weight excluding hydrogens is 328 g/mol. The number of amides is 1. The number of methoxy groups -OCH3 is 1. The minimum absolute atomic E-state index is 0.0900. The van der Waals surface area contributed by atoms with Crippen molar-refractivity contribution in [2.45, 2.75) is 0 Å². The number of amidine groups is 1. The van der Waals surface area contributed by atoms with Gasteiger partial charge in [-0.05, 0) is 18.2 Å². The Kier molecular flexibility index (Phi) is 5.20. The number of carbonyl (C=O) groups excluding carboxylic acids is 1. The minimum atomic E-state index is -0.456. The molecule has 0 atom stereocenters. The highest BCUT2D eigenvalue weighted by atomic mass is 35.5. The van der Waals surface area contributed by atoms with Gasteiger partial charge < -0.3 is 26.4 Å². The molecule has 1 amide bonds. The number of hydrogen-bond donors (Lipinski definition) is 3. The van der Waals surface area contributed by atoms with E-state index in [1.807, 2.05) is 0 Å². The summed E-state index contributed by atoms with van der Waals surface area (Å²) >= 11 is 5.95. The van der Waals surface area contributed by atoms with E-state index in [1.54, 1.807) is 18.2 Å². The van der Waals surface area contributed by atoms with E-state index in [9.17, 15) is 4.79 Å². The number of anilines is 2. The predicted molar refractivity (Wildman–Crippen MR) is 80.8 cm³/mol. The minimum Gasteiger partial charge on any atom is -0.495 e. The second-order valence-corrected chi connectivity index (χ2v) is 4.60. The first kappa shape index (κ1) is 16.4. The summed E-state index contributed by atoms with van der Waals surface area (Å²) in [6.45, 7) is -0.369. The Morgan fingerprint density at radius 3 is 2.96 bits per heavy atom. The second-order valence-electron chi connectivity index (χ2n) is 4.19. The van der Waals surface area contributed by atoms with Crippen LogP contribution in [0.15, 0.2) is 28.0 Å². The summed E-state index contributed by atoms with van der Waals surface area (Å²) in [5, 5.41) is 12.2. The monoisotopic (exact) mass is 341 g/mol. The van der Waals surface area contributed by atoms with Gasteiger partial charge >= 0.3 is 11.5 Å². The molecule has 0 unspecified atom stereocenters. The molecule has 0 saturated carbocycles. The third kappa shape index (κ3) is 4.23. The first-order chi connectivity index (χ1) is 11.0. The molecule has 0 aliphatic carbocycles. The Balaban J connectivity index is 1.88. The molecule has 2 rings (SSSR count). The zero-order valence-electron chi connectivity index (χ0n) is 12.0. The number of aromatic amines is 1. The van der Waals surface area contributed by atoms with Crippen molar-refractivity contribution in [3.8, 4) is 5.75 Å². The maximum absolute atomic E-state index is 11.7. The summed E-state index contributed by atoms with van der Waals surface area (Å²) < 4.78 is 9.50. The maximum Gasteiger partial charge on any atom is 0.303 e. The van der Waals surface area contributed by atoms with Crippen molar-refractivity contribution in [2.24, 2.45) is 10.9 Å². The number of carbonyl (C=O) groups is 1. The Labute approximate surface area is 135 Å². The molecule has 1 aromatic carbocycles. The van der Waals surface area contributed by atoms with Crippen LogP contribution in [0.4, 0.5) is 11.5 Å². The van der Waals surface area contributed by atoms with Crippen molar-refractivity contribution in [1.29, 1.82) is 0 Å². The van der Waals surface area contributed by atoms with Crippen molar-refractivity contribution in [1.82, 2.24) is 5.16 Å². The normalized spacial score (nSPS) is 11.1. The standard InChI is InChI=1S/C12H13ClN6O4/c1-21-8-3-2-6(4-7(8)13)16-9(20)5-22-18-11(14)10-12(15)19-23-17-10/h2-4H,5H2,1H3,(H2,14,18)(H2,15,19)(H,16,20)/p+1. The molecule has 0 aliphatic heterocycles. The van der Waals surface area contributed by atoms with E-state index in [2.05, 4.69) is 25.4 Å². The third-order valence-corrected chi connectivity index (χ3v) is 2.88. The molecule has 0 saturated heterocycles. The smallest absolute Gasteiger partial charge is 0.303 e. The van der Waals surface area contributed by atoms with Gasteiger partial charge in [-0.25, -0.2) is 0 Å². The molecule has 6 N–H and O–H groups in total. The Hall–Kier alpha value is -3.01. The topological polar surface area (TPSA) is 152 Å². The largest absolute Gasteiger partial charge is 0.495 e. The Morgan fingerprint density at radius 2 is 2.35 bits per heavy atom. The van der Waals surface area contributed by atoms with Gasteiger partial charge in [0.05, 0.1) is 17.3 Å². The van der Waals surface area contributed by atoms with Crippen molar-refractivity contribution in [2.75, 3.05) is 24.8 Å². The number of H-pyrrole nitrogens is 1. The number of halogens is 1. The van der Waals surface area contributed by atoms with Gasteiger partial charge in [0.1, 0.15) is 5.75 Å². The Bertz CT molecular complexity index is 732. The van der Waals surface area contributed by atoms with Gasteiger partial charge in [-0.15, -0.1) is 4.63 Å². The van der Waals surface area contributed by atoms with E-state index in [4.69, 9.17) is 32.6 Å². The fraction of sp³-hybridized carbons (Fsp3) is 0.167. The summed E-state index contributed by atoms with van der Waals surface area (Å²) in [6, 6.07) is 4.80. The molecule has 1 aromatic heterocycles. The number of oxime groups is 1. The van der Waals surface area contributed by atoms with Crippen molar-refractivity contribution in [3.05, 3.63) is 28.9 Å². The molecule has 23 heavy (non-hydrogen) atoms. The fourth-order valence-corrected chi connectivity index (χ4v) is 1.80. The number of ether oxygens (including phenoxy) is 1. The van der Waals surface area contributed by atoms with Gasteiger partial charge in [0, 0.05) is 5.69 Å². The van der Waals surface area contributed by atoms with Crippen LogP contribution in [-0.2, 0) is 9.63 Å². The lowest BCUT2D eigenvalue weighted by Gasteiger charge is -2.07. The molecule has 0 aliphatic rings. The number of nitrogens with two attached hydrogens (primary N) is 2. The van der Waals surface area contributed by atoms with Crippen LogP contribution >= 0.6 is 11.6 Å². The van der Waals surface area contributed by atoms with E-state index in [0.29, 0.717) is 16.5 Å². The second kappa shape index (κ2) is 7.31. The lowest BCUT2D eigenvalue weighted by molar-refractivity contribution is -0.610. The number of nitrogens with one attached hydrogen (secondary N) is 2. The van der Waals surface area contributed by atoms with E-state index in [1.165, 1.54) is 7.11 Å². The maximum atomic E-state index is 11.7. The number of nitrogens with zero attached hydrogens (tertiary/aromatic N) is 2. The molecular formula is C12H14ClN6O4+. The highest BCUT2D eigenvalue weighted by molar-refractivity contribution is 6.32. The summed E-state index contributed by atoms with van der Waals surface area (Å²) in [7, 11) is 1.50. The van der Waals surface area contributed by atoms with Crippen LogP contribution in [0.25, 0.3) is 0 Å². The van der Waals surface area contributed by atoms with Crippen LogP contribution in [0.5, 0.6) is 5.75 Å². The van der Waals surface area contributed by atoms with E-state index < -0.39 is 5.91 Å². The van der Waals surface area contributed by atoms with Crippen LogP contribution in [0.1, 0.15) is 5.69 Å². The van der Waals surface area contributed by atoms with Crippen LogP contribution in [0.2, 0.25) is 5.02 Å². The lowest BCUT2D eigenvalue weighted by atomic mass is 10.3. The third-order valence-electron chi connectivity index (χ3n) is 2.58. The first-order valence-electron chi connectivity index (χ1n) is 6.23. The van der Waals surface area contributed by atoms with Crippen LogP contribution in [0, 0.1) is 0 Å². The number of nitrogen functional groups attached to an aromatic ring is 1. The quantitative estimate of drug-likeness (QED) is 0.380. The number of rotatable bonds is 6. The van der Waals surface area contributed by atoms with Gasteiger partial charge in [0.2, 0.25) is 5.84 Å². The Morgan fingerprint density at radius 1 is 1.57 bits per heavy atom. The SMILES string of the molecule is COc1ccc(NC(=O)CON=C(N)c2no[nH+]c2N)cc1Cl. The number of benzene rings is 1. The van der Waals surface area contributed by atoms with E-state index >= 15 is 0 Å². The number of hydrogen-bond acceptors (Lipinski definition) is 7. The molecule has 122 valence electrons. The molecule has 2 aromatic rings. The van der Waals surface area contributed by atoms with Crippen LogP contribution < -0.4 is 26.7 Å². The van der Waals surface area contributed by atoms with Crippen molar-refractivity contribution in [3.63, 3.8) is 0 Å². The molecule has 0 bridgehead atoms. The molecule has 10 nitrogen and oxygen atoms in total. The first-order valence-corrected chi connectivity index (χ1v) is 6.61. The summed E-state index contributed by atoms with van der Waals surface area (Å²) in [6.07, 6.45) is 0. The highest BCUT2D eigenvalue weighted by Crippen LogP contribution is 2.27. The average Bonchev–Trinajstić information content (AvgIpc) is 2.93. The molecule has 1 heterocycles. The van der Waals surface area contributed by atoms with Gasteiger partial charge in [0.25, 0.3) is 5.91 Å².